The molecule has 0 saturated carbocycles. The van der Waals surface area contributed by atoms with Gasteiger partial charge < -0.3 is 10.0 Å². The van der Waals surface area contributed by atoms with E-state index in [2.05, 4.69) is 25.8 Å². The number of benzene rings is 2. The Labute approximate surface area is 190 Å². The molecule has 1 aliphatic heterocycles. The number of β-amino-alcohol motifs (C(OH)–C–C–N with tert-alkyl or cyclic N) is 1. The number of aromatic nitrogens is 3. The third-order valence-electron chi connectivity index (χ3n) is 5.17. The number of aliphatic hydroxyl groups is 1. The van der Waals surface area contributed by atoms with Crippen molar-refractivity contribution in [3.63, 3.8) is 0 Å². The Balaban J connectivity index is 1.72. The summed E-state index contributed by atoms with van der Waals surface area (Å²) in [6, 6.07) is 14.1. The average molecular weight is 467 g/mol. The number of rotatable bonds is 4. The first-order valence-corrected chi connectivity index (χ1v) is 11.0. The van der Waals surface area contributed by atoms with Gasteiger partial charge in [0.05, 0.1) is 6.61 Å². The zero-order valence-corrected chi connectivity index (χ0v) is 18.6. The average Bonchev–Trinajstić information content (AvgIpc) is 2.98. The molecule has 0 spiro atoms. The number of hydrogen-bond acceptors (Lipinski definition) is 6. The summed E-state index contributed by atoms with van der Waals surface area (Å²) in [7, 11) is 0. The van der Waals surface area contributed by atoms with E-state index in [-0.39, 0.29) is 12.4 Å². The number of fused-ring (bicyclic) bond motifs is 1. The van der Waals surface area contributed by atoms with Crippen LogP contribution in [0.5, 0.6) is 0 Å². The molecule has 0 atom stereocenters. The Morgan fingerprint density at radius 3 is 2.47 bits per heavy atom. The molecule has 0 amide bonds. The van der Waals surface area contributed by atoms with Gasteiger partial charge in [0.2, 0.25) is 9.74 Å². The van der Waals surface area contributed by atoms with Crippen LogP contribution in [-0.4, -0.2) is 64.3 Å². The number of aliphatic hydroxyl groups excluding tert-OH is 1. The highest BCUT2D eigenvalue weighted by Gasteiger charge is 2.30. The summed E-state index contributed by atoms with van der Waals surface area (Å²) in [4.78, 5) is 18.0. The summed E-state index contributed by atoms with van der Waals surface area (Å²) in [5.74, 6) is 1.08. The lowest BCUT2D eigenvalue weighted by Crippen LogP contribution is -2.33. The maximum Gasteiger partial charge on any atom is 0.250 e. The second kappa shape index (κ2) is 9.20. The van der Waals surface area contributed by atoms with Crippen LogP contribution < -0.4 is 4.90 Å². The number of alkyl halides is 3. The van der Waals surface area contributed by atoms with E-state index >= 15 is 0 Å². The lowest BCUT2D eigenvalue weighted by atomic mass is 10.1. The normalized spacial score (nSPS) is 16.1. The van der Waals surface area contributed by atoms with Crippen molar-refractivity contribution in [2.75, 3.05) is 44.2 Å². The third kappa shape index (κ3) is 4.95. The molecule has 1 aliphatic rings. The predicted molar refractivity (Wildman–Crippen MR) is 122 cm³/mol. The third-order valence-corrected chi connectivity index (χ3v) is 5.68. The van der Waals surface area contributed by atoms with E-state index in [1.54, 1.807) is 0 Å². The van der Waals surface area contributed by atoms with E-state index in [0.717, 1.165) is 48.9 Å². The molecule has 158 valence electrons. The summed E-state index contributed by atoms with van der Waals surface area (Å²) < 4.78 is -1.75. The molecular formula is C21H22Cl3N5O. The predicted octanol–water partition coefficient (Wildman–Crippen LogP) is 4.02. The van der Waals surface area contributed by atoms with Gasteiger partial charge in [0, 0.05) is 31.7 Å². The first-order valence-electron chi connectivity index (χ1n) is 9.84. The van der Waals surface area contributed by atoms with Crippen LogP contribution in [0.25, 0.3) is 22.2 Å². The molecule has 2 aromatic carbocycles. The van der Waals surface area contributed by atoms with Crippen LogP contribution in [-0.2, 0) is 3.79 Å². The van der Waals surface area contributed by atoms with Crippen LogP contribution in [0.3, 0.4) is 0 Å². The van der Waals surface area contributed by atoms with Crippen LogP contribution in [0.1, 0.15) is 12.2 Å². The van der Waals surface area contributed by atoms with Crippen molar-refractivity contribution in [2.45, 2.75) is 10.2 Å². The van der Waals surface area contributed by atoms with Gasteiger partial charge in [-0.25, -0.2) is 4.98 Å². The highest BCUT2D eigenvalue weighted by Crippen LogP contribution is 2.37. The highest BCUT2D eigenvalue weighted by molar-refractivity contribution is 6.66. The lowest BCUT2D eigenvalue weighted by Gasteiger charge is -2.23. The maximum absolute atomic E-state index is 9.22. The first kappa shape index (κ1) is 21.5. The van der Waals surface area contributed by atoms with Gasteiger partial charge in [-0.3, -0.25) is 4.90 Å². The Morgan fingerprint density at radius 2 is 1.70 bits per heavy atom. The standard InChI is InChI=1S/C21H22Cl3N5O/c22-21(23,24)19-25-18(17-7-6-15-4-1-2-5-16(15)14-17)26-20(27-19)29-9-3-8-28(10-11-29)12-13-30/h1-2,4-7,14,30H,3,8-13H2. The minimum atomic E-state index is -1.75. The maximum atomic E-state index is 9.22. The Hall–Kier alpha value is -1.70. The topological polar surface area (TPSA) is 65.4 Å². The number of anilines is 1. The molecule has 1 saturated heterocycles. The number of nitrogens with zero attached hydrogens (tertiary/aromatic N) is 5. The Bertz CT molecular complexity index is 1030. The van der Waals surface area contributed by atoms with E-state index in [1.807, 2.05) is 36.4 Å². The Kier molecular flexibility index (Phi) is 6.60. The fourth-order valence-electron chi connectivity index (χ4n) is 3.63. The van der Waals surface area contributed by atoms with Crippen molar-refractivity contribution in [2.24, 2.45) is 0 Å². The number of hydrogen-bond donors (Lipinski definition) is 1. The number of halogens is 3. The van der Waals surface area contributed by atoms with Crippen LogP contribution in [0.2, 0.25) is 0 Å². The van der Waals surface area contributed by atoms with Gasteiger partial charge in [0.25, 0.3) is 0 Å². The van der Waals surface area contributed by atoms with Gasteiger partial charge in [0.1, 0.15) is 0 Å². The first-order chi connectivity index (χ1) is 14.4. The lowest BCUT2D eigenvalue weighted by molar-refractivity contribution is 0.204. The van der Waals surface area contributed by atoms with E-state index in [9.17, 15) is 5.11 Å². The molecule has 3 aromatic rings. The molecule has 1 N–H and O–H groups in total. The minimum absolute atomic E-state index is 0.108. The van der Waals surface area contributed by atoms with Gasteiger partial charge in [-0.15, -0.1) is 0 Å². The van der Waals surface area contributed by atoms with E-state index in [1.165, 1.54) is 0 Å². The molecule has 1 fully saturated rings. The summed E-state index contributed by atoms with van der Waals surface area (Å²) >= 11 is 18.4. The monoisotopic (exact) mass is 465 g/mol. The van der Waals surface area contributed by atoms with Crippen molar-refractivity contribution in [3.8, 4) is 11.4 Å². The molecule has 0 bridgehead atoms. The quantitative estimate of drug-likeness (QED) is 0.586. The van der Waals surface area contributed by atoms with Crippen molar-refractivity contribution < 1.29 is 5.11 Å². The van der Waals surface area contributed by atoms with Gasteiger partial charge in [-0.2, -0.15) is 9.97 Å². The highest BCUT2D eigenvalue weighted by atomic mass is 35.6. The molecule has 0 aliphatic carbocycles. The van der Waals surface area contributed by atoms with Crippen molar-refractivity contribution >= 4 is 51.5 Å². The second-order valence-corrected chi connectivity index (χ2v) is 9.53. The molecule has 4 rings (SSSR count). The minimum Gasteiger partial charge on any atom is -0.395 e. The SMILES string of the molecule is OCCN1CCCN(c2nc(-c3ccc4ccccc4c3)nc(C(Cl)(Cl)Cl)n2)CC1. The van der Waals surface area contributed by atoms with Gasteiger partial charge in [-0.1, -0.05) is 71.2 Å². The molecule has 6 nitrogen and oxygen atoms in total. The molecule has 0 radical (unpaired) electrons. The van der Waals surface area contributed by atoms with Crippen LogP contribution in [0, 0.1) is 0 Å². The smallest absolute Gasteiger partial charge is 0.250 e. The molecule has 1 aromatic heterocycles. The largest absolute Gasteiger partial charge is 0.395 e. The van der Waals surface area contributed by atoms with E-state index in [4.69, 9.17) is 39.8 Å². The molecule has 30 heavy (non-hydrogen) atoms. The summed E-state index contributed by atoms with van der Waals surface area (Å²) in [6.45, 7) is 4.03. The molecular weight excluding hydrogens is 445 g/mol. The van der Waals surface area contributed by atoms with Gasteiger partial charge in [0.15, 0.2) is 11.6 Å². The van der Waals surface area contributed by atoms with E-state index in [0.29, 0.717) is 18.3 Å². The van der Waals surface area contributed by atoms with Crippen molar-refractivity contribution in [1.29, 1.82) is 0 Å². The van der Waals surface area contributed by atoms with Crippen molar-refractivity contribution in [3.05, 3.63) is 48.3 Å². The van der Waals surface area contributed by atoms with Gasteiger partial charge in [-0.05, 0) is 29.8 Å². The van der Waals surface area contributed by atoms with E-state index < -0.39 is 3.79 Å². The fraction of sp³-hybridized carbons (Fsp3) is 0.381. The van der Waals surface area contributed by atoms with Crippen LogP contribution in [0.15, 0.2) is 42.5 Å². The second-order valence-electron chi connectivity index (χ2n) is 7.25. The van der Waals surface area contributed by atoms with Crippen LogP contribution in [0.4, 0.5) is 5.95 Å². The van der Waals surface area contributed by atoms with Crippen LogP contribution >= 0.6 is 34.8 Å². The zero-order valence-electron chi connectivity index (χ0n) is 16.3. The summed E-state index contributed by atoms with van der Waals surface area (Å²) in [6.07, 6.45) is 0.931. The molecule has 2 heterocycles. The van der Waals surface area contributed by atoms with Crippen molar-refractivity contribution in [1.82, 2.24) is 19.9 Å². The Morgan fingerprint density at radius 1 is 0.900 bits per heavy atom. The summed E-state index contributed by atoms with van der Waals surface area (Å²) in [5.41, 5.74) is 0.838. The summed E-state index contributed by atoms with van der Waals surface area (Å²) in [5, 5.41) is 11.4. The fourth-order valence-corrected chi connectivity index (χ4v) is 3.88. The zero-order chi connectivity index (χ0) is 21.1. The van der Waals surface area contributed by atoms with Gasteiger partial charge >= 0.3 is 0 Å². The molecule has 9 heteroatoms. The molecule has 0 unspecified atom stereocenters.